The van der Waals surface area contributed by atoms with Crippen LogP contribution < -0.4 is 11.1 Å². The smallest absolute Gasteiger partial charge is 0.252 e. The zero-order valence-corrected chi connectivity index (χ0v) is 13.9. The van der Waals surface area contributed by atoms with Gasteiger partial charge in [0.25, 0.3) is 5.91 Å². The molecular formula is C15H19BrN4O2. The van der Waals surface area contributed by atoms with Gasteiger partial charge in [0, 0.05) is 16.7 Å². The van der Waals surface area contributed by atoms with Crippen molar-refractivity contribution >= 4 is 33.0 Å². The number of nitrogens with two attached hydrogens (primary N) is 1. The number of anilines is 1. The van der Waals surface area contributed by atoms with Crippen LogP contribution in [0.5, 0.6) is 0 Å². The summed E-state index contributed by atoms with van der Waals surface area (Å²) in [7, 11) is 0. The van der Waals surface area contributed by atoms with Crippen molar-refractivity contribution in [3.8, 4) is 0 Å². The van der Waals surface area contributed by atoms with Crippen molar-refractivity contribution in [1.29, 1.82) is 0 Å². The second kappa shape index (κ2) is 5.55. The average molecular weight is 367 g/mol. The van der Waals surface area contributed by atoms with Crippen molar-refractivity contribution in [3.05, 3.63) is 28.5 Å². The minimum atomic E-state index is -0.587. The van der Waals surface area contributed by atoms with E-state index in [1.807, 2.05) is 19.2 Å². The van der Waals surface area contributed by atoms with E-state index in [1.165, 1.54) is 6.20 Å². The highest BCUT2D eigenvalue weighted by molar-refractivity contribution is 9.10. The Morgan fingerprint density at radius 2 is 2.23 bits per heavy atom. The van der Waals surface area contributed by atoms with Gasteiger partial charge in [0.05, 0.1) is 28.6 Å². The molecule has 0 spiro atoms. The number of aliphatic hydroxyl groups is 1. The molecule has 4 N–H and O–H groups in total. The number of primary amides is 1. The molecule has 1 saturated carbocycles. The number of rotatable bonds is 3. The van der Waals surface area contributed by atoms with Gasteiger partial charge in [-0.05, 0) is 54.6 Å². The Hall–Kier alpha value is -1.60. The van der Waals surface area contributed by atoms with Gasteiger partial charge in [0.15, 0.2) is 0 Å². The number of amides is 1. The molecule has 1 fully saturated rings. The van der Waals surface area contributed by atoms with Gasteiger partial charge in [-0.3, -0.25) is 4.79 Å². The Balaban J connectivity index is 1.94. The summed E-state index contributed by atoms with van der Waals surface area (Å²) >= 11 is 3.42. The second-order valence-electron chi connectivity index (χ2n) is 6.20. The Bertz CT molecular complexity index is 716. The van der Waals surface area contributed by atoms with E-state index in [0.717, 1.165) is 35.7 Å². The Labute approximate surface area is 136 Å². The number of hydrogen-bond donors (Lipinski definition) is 3. The van der Waals surface area contributed by atoms with E-state index in [9.17, 15) is 9.90 Å². The fraction of sp³-hybridized carbons (Fsp3) is 0.467. The second-order valence-corrected chi connectivity index (χ2v) is 7.12. The first kappa shape index (κ1) is 15.3. The predicted octanol–water partition coefficient (Wildman–Crippen LogP) is 2.30. The van der Waals surface area contributed by atoms with Crippen LogP contribution in [0.25, 0.3) is 5.52 Å². The van der Waals surface area contributed by atoms with E-state index in [4.69, 9.17) is 5.73 Å². The van der Waals surface area contributed by atoms with E-state index >= 15 is 0 Å². The number of nitrogens with zero attached hydrogens (tertiary/aromatic N) is 2. The predicted molar refractivity (Wildman–Crippen MR) is 87.9 cm³/mol. The molecule has 6 nitrogen and oxygen atoms in total. The highest BCUT2D eigenvalue weighted by Gasteiger charge is 2.29. The van der Waals surface area contributed by atoms with Crippen LogP contribution in [0.3, 0.4) is 0 Å². The number of fused-ring (bicyclic) bond motifs is 1. The summed E-state index contributed by atoms with van der Waals surface area (Å²) in [5.74, 6) is -0.502. The standard InChI is InChI=1S/C15H19BrN4O2/c1-15(22)4-2-10(3-5-15)19-13-11(14(17)21)7-18-20-8-9(16)6-12(13)20/h6-8,10,19,22H,2-5H2,1H3,(H2,17,21)/t10-,15-. The Kier molecular flexibility index (Phi) is 3.86. The van der Waals surface area contributed by atoms with Crippen LogP contribution in [0.1, 0.15) is 43.0 Å². The lowest BCUT2D eigenvalue weighted by atomic mass is 9.83. The van der Waals surface area contributed by atoms with Crippen LogP contribution in [-0.2, 0) is 0 Å². The minimum absolute atomic E-state index is 0.207. The van der Waals surface area contributed by atoms with E-state index in [1.54, 1.807) is 4.52 Å². The zero-order chi connectivity index (χ0) is 15.9. The molecule has 0 bridgehead atoms. The number of carbonyl (C=O) groups is 1. The first-order valence-corrected chi connectivity index (χ1v) is 8.11. The maximum absolute atomic E-state index is 11.7. The average Bonchev–Trinajstić information content (AvgIpc) is 2.81. The van der Waals surface area contributed by atoms with Gasteiger partial charge in [-0.25, -0.2) is 4.52 Å². The Morgan fingerprint density at radius 3 is 2.86 bits per heavy atom. The van der Waals surface area contributed by atoms with E-state index in [0.29, 0.717) is 11.3 Å². The third kappa shape index (κ3) is 2.96. The molecule has 0 saturated heterocycles. The van der Waals surface area contributed by atoms with Crippen LogP contribution >= 0.6 is 15.9 Å². The summed E-state index contributed by atoms with van der Waals surface area (Å²) in [6, 6.07) is 2.11. The molecule has 1 aliphatic carbocycles. The number of aromatic nitrogens is 2. The SMILES string of the molecule is C[C@]1(O)CC[C@H](Nc2c(C(N)=O)cnn3cc(Br)cc23)CC1. The van der Waals surface area contributed by atoms with Crippen molar-refractivity contribution in [2.45, 2.75) is 44.2 Å². The van der Waals surface area contributed by atoms with Crippen LogP contribution in [0, 0.1) is 0 Å². The van der Waals surface area contributed by atoms with Gasteiger partial charge in [-0.2, -0.15) is 5.10 Å². The molecule has 0 aromatic carbocycles. The summed E-state index contributed by atoms with van der Waals surface area (Å²) in [6.45, 7) is 1.87. The summed E-state index contributed by atoms with van der Waals surface area (Å²) < 4.78 is 2.59. The quantitative estimate of drug-likeness (QED) is 0.776. The first-order valence-electron chi connectivity index (χ1n) is 7.31. The van der Waals surface area contributed by atoms with Crippen molar-refractivity contribution in [2.75, 3.05) is 5.32 Å². The number of hydrogen-bond acceptors (Lipinski definition) is 4. The van der Waals surface area contributed by atoms with Crippen LogP contribution in [0.4, 0.5) is 5.69 Å². The van der Waals surface area contributed by atoms with Crippen molar-refractivity contribution in [2.24, 2.45) is 5.73 Å². The maximum Gasteiger partial charge on any atom is 0.252 e. The normalized spacial score (nSPS) is 25.3. The van der Waals surface area contributed by atoms with Crippen molar-refractivity contribution in [3.63, 3.8) is 0 Å². The summed E-state index contributed by atoms with van der Waals surface area (Å²) in [6.07, 6.45) is 6.49. The number of nitrogens with one attached hydrogen (secondary N) is 1. The van der Waals surface area contributed by atoms with E-state index < -0.39 is 11.5 Å². The Morgan fingerprint density at radius 1 is 1.55 bits per heavy atom. The lowest BCUT2D eigenvalue weighted by molar-refractivity contribution is 0.0196. The number of carbonyl (C=O) groups excluding carboxylic acids is 1. The molecule has 0 atom stereocenters. The molecule has 22 heavy (non-hydrogen) atoms. The third-order valence-corrected chi connectivity index (χ3v) is 4.71. The lowest BCUT2D eigenvalue weighted by Gasteiger charge is -2.34. The molecule has 0 aliphatic heterocycles. The van der Waals surface area contributed by atoms with Crippen LogP contribution in [-0.4, -0.2) is 32.3 Å². The van der Waals surface area contributed by atoms with Crippen molar-refractivity contribution < 1.29 is 9.90 Å². The van der Waals surface area contributed by atoms with Gasteiger partial charge in [0.1, 0.15) is 0 Å². The van der Waals surface area contributed by atoms with E-state index in [2.05, 4.69) is 26.3 Å². The fourth-order valence-corrected chi connectivity index (χ4v) is 3.36. The topological polar surface area (TPSA) is 92.6 Å². The first-order chi connectivity index (χ1) is 10.4. The highest BCUT2D eigenvalue weighted by atomic mass is 79.9. The highest BCUT2D eigenvalue weighted by Crippen LogP contribution is 2.32. The zero-order valence-electron chi connectivity index (χ0n) is 12.3. The molecule has 1 aliphatic rings. The van der Waals surface area contributed by atoms with Gasteiger partial charge >= 0.3 is 0 Å². The fourth-order valence-electron chi connectivity index (χ4n) is 2.95. The molecule has 2 aromatic heterocycles. The molecule has 3 rings (SSSR count). The number of halogens is 1. The van der Waals surface area contributed by atoms with Gasteiger partial charge in [0.2, 0.25) is 0 Å². The summed E-state index contributed by atoms with van der Waals surface area (Å²) in [5, 5.41) is 17.7. The largest absolute Gasteiger partial charge is 0.390 e. The molecule has 2 aromatic rings. The van der Waals surface area contributed by atoms with Crippen LogP contribution in [0.15, 0.2) is 22.9 Å². The molecular weight excluding hydrogens is 348 g/mol. The molecule has 1 amide bonds. The molecule has 118 valence electrons. The third-order valence-electron chi connectivity index (χ3n) is 4.28. The summed E-state index contributed by atoms with van der Waals surface area (Å²) in [5.41, 5.74) is 6.79. The molecule has 0 unspecified atom stereocenters. The minimum Gasteiger partial charge on any atom is -0.390 e. The van der Waals surface area contributed by atoms with Gasteiger partial charge in [-0.1, -0.05) is 0 Å². The monoisotopic (exact) mass is 366 g/mol. The molecule has 0 radical (unpaired) electrons. The van der Waals surface area contributed by atoms with Crippen LogP contribution in [0.2, 0.25) is 0 Å². The van der Waals surface area contributed by atoms with Gasteiger partial charge in [-0.15, -0.1) is 0 Å². The maximum atomic E-state index is 11.7. The molecule has 2 heterocycles. The summed E-state index contributed by atoms with van der Waals surface area (Å²) in [4.78, 5) is 11.7. The van der Waals surface area contributed by atoms with Crippen molar-refractivity contribution in [1.82, 2.24) is 9.61 Å². The molecule has 7 heteroatoms. The lowest BCUT2D eigenvalue weighted by Crippen LogP contribution is -2.36. The van der Waals surface area contributed by atoms with E-state index in [-0.39, 0.29) is 6.04 Å². The van der Waals surface area contributed by atoms with Gasteiger partial charge < -0.3 is 16.2 Å².